The SMILES string of the molecule is C=CCNC(=O)C(=O)C(CC(F)(F)F)NC(=O)[C@@H]1[C@@H]2[C@H](CN1C(=O)[C@@H](NC(=O)N[C@H](CN(C)C(C)=O)C(C)(C)C)C(C)(C)C)C2(C)C. The number of nitrogens with one attached hydrogen (secondary N) is 4. The number of hydrogen-bond donors (Lipinski definition) is 4. The summed E-state index contributed by atoms with van der Waals surface area (Å²) in [5, 5.41) is 9.84. The van der Waals surface area contributed by atoms with Gasteiger partial charge in [0.05, 0.1) is 12.5 Å². The number of amides is 6. The Labute approximate surface area is 275 Å². The Morgan fingerprint density at radius 2 is 1.55 bits per heavy atom. The maximum Gasteiger partial charge on any atom is 0.391 e. The summed E-state index contributed by atoms with van der Waals surface area (Å²) in [5.41, 5.74) is -1.77. The number of Topliss-reactive ketones (excluding diaryl/α,β-unsaturated/α-hetero) is 1. The molecule has 0 spiro atoms. The van der Waals surface area contributed by atoms with Crippen molar-refractivity contribution in [3.8, 4) is 0 Å². The summed E-state index contributed by atoms with van der Waals surface area (Å²) in [4.78, 5) is 80.8. The lowest BCUT2D eigenvalue weighted by molar-refractivity contribution is -0.155. The van der Waals surface area contributed by atoms with E-state index in [0.29, 0.717) is 0 Å². The van der Waals surface area contributed by atoms with Crippen LogP contribution >= 0.6 is 0 Å². The minimum absolute atomic E-state index is 0.107. The fraction of sp³-hybridized carbons (Fsp3) is 0.750. The van der Waals surface area contributed by atoms with Gasteiger partial charge in [-0.05, 0) is 28.1 Å². The molecule has 266 valence electrons. The number of alkyl halides is 3. The number of ketones is 1. The molecule has 0 radical (unpaired) electrons. The molecule has 2 fully saturated rings. The quantitative estimate of drug-likeness (QED) is 0.184. The van der Waals surface area contributed by atoms with Crippen LogP contribution in [-0.2, 0) is 24.0 Å². The molecule has 6 atom stereocenters. The number of piperidine rings is 1. The van der Waals surface area contributed by atoms with Gasteiger partial charge < -0.3 is 31.1 Å². The third-order valence-electron chi connectivity index (χ3n) is 9.19. The number of halogens is 3. The van der Waals surface area contributed by atoms with E-state index in [9.17, 15) is 41.9 Å². The van der Waals surface area contributed by atoms with Crippen molar-refractivity contribution < 1.29 is 41.9 Å². The molecule has 4 N–H and O–H groups in total. The van der Waals surface area contributed by atoms with Gasteiger partial charge in [-0.15, -0.1) is 6.58 Å². The van der Waals surface area contributed by atoms with Gasteiger partial charge in [0, 0.05) is 33.6 Å². The van der Waals surface area contributed by atoms with Gasteiger partial charge in [0.2, 0.25) is 23.5 Å². The van der Waals surface area contributed by atoms with E-state index in [2.05, 4.69) is 27.8 Å². The lowest BCUT2D eigenvalue weighted by Gasteiger charge is -2.39. The first kappa shape index (κ1) is 39.5. The van der Waals surface area contributed by atoms with Crippen LogP contribution in [0.1, 0.15) is 68.7 Å². The Kier molecular flexibility index (Phi) is 12.0. The van der Waals surface area contributed by atoms with E-state index in [1.165, 1.54) is 22.8 Å². The molecule has 12 nitrogen and oxygen atoms in total. The van der Waals surface area contributed by atoms with Crippen molar-refractivity contribution in [2.24, 2.45) is 28.1 Å². The van der Waals surface area contributed by atoms with E-state index in [1.807, 2.05) is 34.6 Å². The van der Waals surface area contributed by atoms with Crippen LogP contribution in [0.3, 0.4) is 0 Å². The Morgan fingerprint density at radius 3 is 2.02 bits per heavy atom. The van der Waals surface area contributed by atoms with E-state index in [4.69, 9.17) is 0 Å². The molecule has 0 aromatic heterocycles. The zero-order valence-electron chi connectivity index (χ0n) is 29.1. The topological polar surface area (TPSA) is 157 Å². The molecule has 2 rings (SSSR count). The highest BCUT2D eigenvalue weighted by Gasteiger charge is 2.70. The summed E-state index contributed by atoms with van der Waals surface area (Å²) in [6.07, 6.45) is -5.43. The van der Waals surface area contributed by atoms with Crippen LogP contribution in [0.5, 0.6) is 0 Å². The van der Waals surface area contributed by atoms with Gasteiger partial charge in [0.25, 0.3) is 5.91 Å². The smallest absolute Gasteiger partial charge is 0.346 e. The average Bonchev–Trinajstić information content (AvgIpc) is 3.23. The molecule has 1 saturated heterocycles. The van der Waals surface area contributed by atoms with Crippen molar-refractivity contribution in [1.29, 1.82) is 0 Å². The highest BCUT2D eigenvalue weighted by molar-refractivity contribution is 6.38. The molecule has 15 heteroatoms. The molecule has 6 amide bonds. The molecule has 1 aliphatic heterocycles. The molecule has 1 aliphatic carbocycles. The number of fused-ring (bicyclic) bond motifs is 1. The Hall–Kier alpha value is -3.65. The third-order valence-corrected chi connectivity index (χ3v) is 9.19. The molecule has 47 heavy (non-hydrogen) atoms. The normalized spacial score (nSPS) is 22.1. The Bertz CT molecular complexity index is 1260. The predicted molar refractivity (Wildman–Crippen MR) is 169 cm³/mol. The van der Waals surface area contributed by atoms with Gasteiger partial charge in [-0.1, -0.05) is 61.5 Å². The molecule has 2 aliphatic rings. The second-order valence-electron chi connectivity index (χ2n) is 15.4. The van der Waals surface area contributed by atoms with Crippen molar-refractivity contribution in [2.45, 2.75) is 99.1 Å². The first-order valence-corrected chi connectivity index (χ1v) is 15.6. The number of urea groups is 1. The number of carbonyl (C=O) groups excluding carboxylic acids is 6. The maximum absolute atomic E-state index is 14.2. The predicted octanol–water partition coefficient (Wildman–Crippen LogP) is 2.38. The lowest BCUT2D eigenvalue weighted by Crippen LogP contribution is -2.63. The zero-order valence-corrected chi connectivity index (χ0v) is 29.1. The minimum atomic E-state index is -4.89. The summed E-state index contributed by atoms with van der Waals surface area (Å²) >= 11 is 0. The van der Waals surface area contributed by atoms with Crippen molar-refractivity contribution >= 4 is 35.4 Å². The monoisotopic (exact) mass is 672 g/mol. The molecule has 0 aromatic carbocycles. The van der Waals surface area contributed by atoms with Crippen molar-refractivity contribution in [1.82, 2.24) is 31.1 Å². The molecule has 1 unspecified atom stereocenters. The van der Waals surface area contributed by atoms with Crippen LogP contribution in [0, 0.1) is 28.1 Å². The molecule has 0 aromatic rings. The molecular weight excluding hydrogens is 621 g/mol. The van der Waals surface area contributed by atoms with E-state index < -0.39 is 88.5 Å². The minimum Gasteiger partial charge on any atom is -0.346 e. The number of nitrogens with zero attached hydrogens (tertiary/aromatic N) is 2. The summed E-state index contributed by atoms with van der Waals surface area (Å²) in [6.45, 7) is 19.5. The van der Waals surface area contributed by atoms with Gasteiger partial charge >= 0.3 is 12.2 Å². The molecule has 1 saturated carbocycles. The largest absolute Gasteiger partial charge is 0.391 e. The van der Waals surface area contributed by atoms with Gasteiger partial charge in [-0.2, -0.15) is 13.2 Å². The summed E-state index contributed by atoms with van der Waals surface area (Å²) in [5.74, 6) is -5.18. The van der Waals surface area contributed by atoms with Crippen LogP contribution in [-0.4, -0.2) is 102 Å². The van der Waals surface area contributed by atoms with E-state index in [-0.39, 0.29) is 31.5 Å². The fourth-order valence-electron chi connectivity index (χ4n) is 6.01. The van der Waals surface area contributed by atoms with Crippen LogP contribution in [0.4, 0.5) is 18.0 Å². The van der Waals surface area contributed by atoms with Gasteiger partial charge in [0.1, 0.15) is 18.1 Å². The van der Waals surface area contributed by atoms with Gasteiger partial charge in [-0.25, -0.2) is 4.79 Å². The summed E-state index contributed by atoms with van der Waals surface area (Å²) < 4.78 is 40.4. The molecular formula is C32H51F3N6O6. The highest BCUT2D eigenvalue weighted by Crippen LogP contribution is 2.65. The fourth-order valence-corrected chi connectivity index (χ4v) is 6.01. The van der Waals surface area contributed by atoms with Crippen molar-refractivity contribution in [3.05, 3.63) is 12.7 Å². The van der Waals surface area contributed by atoms with Gasteiger partial charge in [0.15, 0.2) is 0 Å². The van der Waals surface area contributed by atoms with Gasteiger partial charge in [-0.3, -0.25) is 24.0 Å². The van der Waals surface area contributed by atoms with E-state index in [1.54, 1.807) is 27.8 Å². The Morgan fingerprint density at radius 1 is 0.979 bits per heavy atom. The van der Waals surface area contributed by atoms with Crippen LogP contribution < -0.4 is 21.3 Å². The first-order valence-electron chi connectivity index (χ1n) is 15.6. The van der Waals surface area contributed by atoms with Crippen LogP contribution in [0.25, 0.3) is 0 Å². The first-order chi connectivity index (χ1) is 21.2. The van der Waals surface area contributed by atoms with Crippen molar-refractivity contribution in [2.75, 3.05) is 26.7 Å². The standard InChI is InChI=1S/C32H51F3N6O6/c1-12-13-36-26(45)23(43)19(14-32(33,34)35)37-25(44)22-21-18(31(21,9)10)15-41(22)27(46)24(30(6,7)8)39-28(47)38-20(29(3,4)5)16-40(11)17(2)42/h12,18-22,24H,1,13-16H2,2-11H3,(H,36,45)(H,37,44)(H2,38,39,47)/t18-,19?,20+,21-,22-,24+/m0/s1. The number of likely N-dealkylation sites (N-methyl/N-ethyl adjacent to an activating group) is 1. The van der Waals surface area contributed by atoms with Crippen LogP contribution in [0.15, 0.2) is 12.7 Å². The number of likely N-dealkylation sites (tertiary alicyclic amines) is 1. The second-order valence-corrected chi connectivity index (χ2v) is 15.4. The Balaban J connectivity index is 2.37. The molecule has 1 heterocycles. The number of hydrogen-bond acceptors (Lipinski definition) is 6. The van der Waals surface area contributed by atoms with E-state index >= 15 is 0 Å². The zero-order chi connectivity index (χ0) is 36.4. The molecule has 0 bridgehead atoms. The lowest BCUT2D eigenvalue weighted by atomic mass is 9.85. The van der Waals surface area contributed by atoms with Crippen molar-refractivity contribution in [3.63, 3.8) is 0 Å². The average molecular weight is 673 g/mol. The summed E-state index contributed by atoms with van der Waals surface area (Å²) in [6, 6.07) is -5.81. The second kappa shape index (κ2) is 14.2. The number of rotatable bonds is 12. The number of carbonyl (C=O) groups is 6. The highest BCUT2D eigenvalue weighted by atomic mass is 19.4. The maximum atomic E-state index is 14.2. The van der Waals surface area contributed by atoms with Crippen LogP contribution in [0.2, 0.25) is 0 Å². The third kappa shape index (κ3) is 9.92. The summed E-state index contributed by atoms with van der Waals surface area (Å²) in [7, 11) is 1.61. The van der Waals surface area contributed by atoms with E-state index in [0.717, 1.165) is 0 Å².